The van der Waals surface area contributed by atoms with Crippen LogP contribution in [0.25, 0.3) is 0 Å². The highest BCUT2D eigenvalue weighted by Crippen LogP contribution is 2.37. The quantitative estimate of drug-likeness (QED) is 0.368. The number of benzene rings is 1. The van der Waals surface area contributed by atoms with E-state index < -0.39 is 6.10 Å². The molecule has 5 nitrogen and oxygen atoms in total. The van der Waals surface area contributed by atoms with Crippen molar-refractivity contribution in [2.45, 2.75) is 38.7 Å². The van der Waals surface area contributed by atoms with Crippen LogP contribution in [0.3, 0.4) is 0 Å². The van der Waals surface area contributed by atoms with Crippen LogP contribution in [0.5, 0.6) is 5.75 Å². The number of para-hydroxylation sites is 1. The molecule has 0 bridgehead atoms. The normalized spacial score (nSPS) is 22.2. The molecule has 0 aliphatic heterocycles. The molecule has 1 aliphatic carbocycles. The summed E-state index contributed by atoms with van der Waals surface area (Å²) < 4.78 is 10.2. The van der Waals surface area contributed by atoms with Crippen LogP contribution in [0, 0.1) is 17.8 Å². The fourth-order valence-corrected chi connectivity index (χ4v) is 3.49. The largest absolute Gasteiger partial charge is 0.491 e. The molecule has 1 aromatic rings. The van der Waals surface area contributed by atoms with E-state index in [4.69, 9.17) is 4.74 Å². The lowest BCUT2D eigenvalue weighted by molar-refractivity contribution is -0.140. The first-order valence-corrected chi connectivity index (χ1v) is 10.0. The van der Waals surface area contributed by atoms with Crippen LogP contribution in [-0.4, -0.2) is 36.7 Å². The molecule has 1 aliphatic rings. The van der Waals surface area contributed by atoms with Crippen molar-refractivity contribution in [1.29, 1.82) is 0 Å². The van der Waals surface area contributed by atoms with Gasteiger partial charge in [-0.15, -0.1) is 5.73 Å². The van der Waals surface area contributed by atoms with E-state index in [0.717, 1.165) is 0 Å². The second kappa shape index (κ2) is 12.1. The summed E-state index contributed by atoms with van der Waals surface area (Å²) in [7, 11) is 1.37. The van der Waals surface area contributed by atoms with Crippen molar-refractivity contribution in [1.82, 2.24) is 0 Å². The fourth-order valence-electron chi connectivity index (χ4n) is 3.49. The molecule has 0 heterocycles. The SMILES string of the molecule is COC(=O)CCC=C=CCC1C(=O)CC(C)C1C=CC(O)COc1ccccc1. The third kappa shape index (κ3) is 7.72. The van der Waals surface area contributed by atoms with Crippen molar-refractivity contribution < 1.29 is 24.2 Å². The van der Waals surface area contributed by atoms with Crippen molar-refractivity contribution in [3.05, 3.63) is 60.4 Å². The molecular formula is C24H30O5. The second-order valence-electron chi connectivity index (χ2n) is 7.33. The Morgan fingerprint density at radius 3 is 2.79 bits per heavy atom. The Labute approximate surface area is 172 Å². The number of esters is 1. The summed E-state index contributed by atoms with van der Waals surface area (Å²) in [4.78, 5) is 23.4. The standard InChI is InChI=1S/C24H30O5/c1-18-16-23(26)22(12-8-3-4-9-13-24(27)28-2)21(18)15-14-19(25)17-29-20-10-6-5-7-11-20/h4-8,10-11,14-15,18-19,21-22,25H,9,12-13,16-17H2,1-2H3. The summed E-state index contributed by atoms with van der Waals surface area (Å²) in [6, 6.07) is 9.35. The fraction of sp³-hybridized carbons (Fsp3) is 0.458. The maximum Gasteiger partial charge on any atom is 0.305 e. The highest BCUT2D eigenvalue weighted by Gasteiger charge is 2.37. The number of Topliss-reactive ketones (excluding diaryl/α,β-unsaturated/α-hetero) is 1. The number of rotatable bonds is 10. The summed E-state index contributed by atoms with van der Waals surface area (Å²) in [5.41, 5.74) is 3.05. The van der Waals surface area contributed by atoms with Gasteiger partial charge in [-0.2, -0.15) is 0 Å². The smallest absolute Gasteiger partial charge is 0.305 e. The van der Waals surface area contributed by atoms with Gasteiger partial charge < -0.3 is 14.6 Å². The molecule has 156 valence electrons. The van der Waals surface area contributed by atoms with E-state index in [9.17, 15) is 14.7 Å². The predicted octanol–water partition coefficient (Wildman–Crippen LogP) is 3.88. The van der Waals surface area contributed by atoms with E-state index in [1.165, 1.54) is 7.11 Å². The maximum absolute atomic E-state index is 12.4. The van der Waals surface area contributed by atoms with Gasteiger partial charge in [-0.05, 0) is 49.0 Å². The molecule has 0 aromatic heterocycles. The Morgan fingerprint density at radius 2 is 2.07 bits per heavy atom. The molecule has 0 spiro atoms. The highest BCUT2D eigenvalue weighted by molar-refractivity contribution is 5.84. The van der Waals surface area contributed by atoms with Gasteiger partial charge in [0, 0.05) is 18.8 Å². The predicted molar refractivity (Wildman–Crippen MR) is 111 cm³/mol. The lowest BCUT2D eigenvalue weighted by Crippen LogP contribution is -2.18. The number of ether oxygens (including phenoxy) is 2. The van der Waals surface area contributed by atoms with Crippen LogP contribution in [0.15, 0.2) is 60.4 Å². The number of ketones is 1. The summed E-state index contributed by atoms with van der Waals surface area (Å²) in [5, 5.41) is 10.2. The van der Waals surface area contributed by atoms with Crippen LogP contribution in [-0.2, 0) is 14.3 Å². The Bertz CT molecular complexity index is 746. The van der Waals surface area contributed by atoms with Crippen molar-refractivity contribution in [2.75, 3.05) is 13.7 Å². The summed E-state index contributed by atoms with van der Waals surface area (Å²) >= 11 is 0. The molecule has 5 heteroatoms. The summed E-state index contributed by atoms with van der Waals surface area (Å²) in [6.45, 7) is 2.23. The first kappa shape index (κ1) is 22.7. The highest BCUT2D eigenvalue weighted by atomic mass is 16.5. The van der Waals surface area contributed by atoms with Gasteiger partial charge >= 0.3 is 5.97 Å². The molecule has 1 N–H and O–H groups in total. The number of carbonyl (C=O) groups is 2. The van der Waals surface area contributed by atoms with Crippen LogP contribution in [0.4, 0.5) is 0 Å². The van der Waals surface area contributed by atoms with Gasteiger partial charge in [-0.25, -0.2) is 0 Å². The van der Waals surface area contributed by atoms with Crippen LogP contribution in [0.1, 0.15) is 32.6 Å². The number of carbonyl (C=O) groups excluding carboxylic acids is 2. The average molecular weight is 398 g/mol. The lowest BCUT2D eigenvalue weighted by atomic mass is 9.87. The maximum atomic E-state index is 12.4. The van der Waals surface area contributed by atoms with Crippen LogP contribution in [0.2, 0.25) is 0 Å². The Hall–Kier alpha value is -2.62. The molecule has 1 fully saturated rings. The van der Waals surface area contributed by atoms with Gasteiger partial charge in [0.1, 0.15) is 24.2 Å². The number of hydrogen-bond donors (Lipinski definition) is 1. The minimum Gasteiger partial charge on any atom is -0.491 e. The lowest BCUT2D eigenvalue weighted by Gasteiger charge is -2.17. The first-order chi connectivity index (χ1) is 14.0. The molecule has 2 rings (SSSR count). The molecule has 0 radical (unpaired) electrons. The van der Waals surface area contributed by atoms with Crippen LogP contribution < -0.4 is 4.74 Å². The van der Waals surface area contributed by atoms with E-state index >= 15 is 0 Å². The van der Waals surface area contributed by atoms with Crippen molar-refractivity contribution in [3.63, 3.8) is 0 Å². The number of allylic oxidation sites excluding steroid dienone is 2. The number of aliphatic hydroxyl groups excluding tert-OH is 1. The van der Waals surface area contributed by atoms with E-state index in [0.29, 0.717) is 31.4 Å². The molecule has 0 saturated heterocycles. The van der Waals surface area contributed by atoms with Crippen molar-refractivity contribution in [2.24, 2.45) is 17.8 Å². The molecule has 1 saturated carbocycles. The van der Waals surface area contributed by atoms with Crippen molar-refractivity contribution in [3.8, 4) is 5.75 Å². The van der Waals surface area contributed by atoms with Crippen LogP contribution >= 0.6 is 0 Å². The topological polar surface area (TPSA) is 72.8 Å². The molecule has 29 heavy (non-hydrogen) atoms. The molecule has 0 amide bonds. The third-order valence-electron chi connectivity index (χ3n) is 5.11. The van der Waals surface area contributed by atoms with Gasteiger partial charge in [-0.3, -0.25) is 9.59 Å². The van der Waals surface area contributed by atoms with Gasteiger partial charge in [0.05, 0.1) is 7.11 Å². The molecule has 1 aromatic carbocycles. The third-order valence-corrected chi connectivity index (χ3v) is 5.11. The number of methoxy groups -OCH3 is 1. The number of hydrogen-bond acceptors (Lipinski definition) is 5. The molecular weight excluding hydrogens is 368 g/mol. The first-order valence-electron chi connectivity index (χ1n) is 10.0. The summed E-state index contributed by atoms with van der Waals surface area (Å²) in [6.07, 6.45) is 8.63. The molecule has 4 atom stereocenters. The zero-order valence-corrected chi connectivity index (χ0v) is 17.1. The van der Waals surface area contributed by atoms with E-state index in [1.54, 1.807) is 12.2 Å². The minimum absolute atomic E-state index is 0.0852. The Kier molecular flexibility index (Phi) is 9.42. The van der Waals surface area contributed by atoms with E-state index in [-0.39, 0.29) is 36.1 Å². The summed E-state index contributed by atoms with van der Waals surface area (Å²) in [5.74, 6) is 0.929. The zero-order chi connectivity index (χ0) is 21.1. The van der Waals surface area contributed by atoms with E-state index in [1.807, 2.05) is 42.5 Å². The minimum atomic E-state index is -0.729. The zero-order valence-electron chi connectivity index (χ0n) is 17.1. The molecule has 4 unspecified atom stereocenters. The average Bonchev–Trinajstić information content (AvgIpc) is 3.00. The monoisotopic (exact) mass is 398 g/mol. The van der Waals surface area contributed by atoms with Gasteiger partial charge in [0.2, 0.25) is 0 Å². The van der Waals surface area contributed by atoms with E-state index in [2.05, 4.69) is 17.4 Å². The Morgan fingerprint density at radius 1 is 1.31 bits per heavy atom. The number of aliphatic hydroxyl groups is 1. The van der Waals surface area contributed by atoms with Gasteiger partial charge in [-0.1, -0.05) is 37.3 Å². The van der Waals surface area contributed by atoms with Gasteiger partial charge in [0.15, 0.2) is 0 Å². The Balaban J connectivity index is 1.86. The second-order valence-corrected chi connectivity index (χ2v) is 7.33. The van der Waals surface area contributed by atoms with Crippen molar-refractivity contribution >= 4 is 11.8 Å². The van der Waals surface area contributed by atoms with Gasteiger partial charge in [0.25, 0.3) is 0 Å².